The number of ether oxygens (including phenoxy) is 3. The van der Waals surface area contributed by atoms with E-state index in [1.165, 1.54) is 11.1 Å². The standard InChI is InChI=1S/C36H41N3O6/c1-36(2,3)45-34(41)32(37-35(42)44-22-26-8-6-10-30-29-9-5-4-7-25(29)20-31(26)30)19-24-11-13-27(14-12-24)39-17-16-38(21-33(39)40)28-15-18-43-23-28/h4-14,28,32H,15-23H2,1-3H3,(H,37,42). The van der Waals surface area contributed by atoms with Crippen LogP contribution in [0.2, 0.25) is 0 Å². The van der Waals surface area contributed by atoms with E-state index < -0.39 is 23.7 Å². The molecule has 3 aliphatic rings. The predicted octanol–water partition coefficient (Wildman–Crippen LogP) is 4.87. The first-order valence-corrected chi connectivity index (χ1v) is 15.7. The van der Waals surface area contributed by atoms with Crippen LogP contribution >= 0.6 is 0 Å². The highest BCUT2D eigenvalue weighted by molar-refractivity contribution is 5.95. The Morgan fingerprint density at radius 3 is 2.51 bits per heavy atom. The summed E-state index contributed by atoms with van der Waals surface area (Å²) < 4.78 is 16.8. The minimum absolute atomic E-state index is 0.0601. The highest BCUT2D eigenvalue weighted by atomic mass is 16.6. The number of esters is 1. The van der Waals surface area contributed by atoms with Gasteiger partial charge in [-0.3, -0.25) is 9.69 Å². The Bertz CT molecular complexity index is 1560. The van der Waals surface area contributed by atoms with Crippen molar-refractivity contribution in [3.05, 3.63) is 89.0 Å². The molecule has 1 aliphatic carbocycles. The monoisotopic (exact) mass is 611 g/mol. The van der Waals surface area contributed by atoms with Crippen molar-refractivity contribution < 1.29 is 28.6 Å². The van der Waals surface area contributed by atoms with Gasteiger partial charge in [-0.1, -0.05) is 54.6 Å². The number of anilines is 1. The summed E-state index contributed by atoms with van der Waals surface area (Å²) in [5, 5.41) is 2.74. The van der Waals surface area contributed by atoms with E-state index in [0.29, 0.717) is 25.7 Å². The molecule has 0 saturated carbocycles. The summed E-state index contributed by atoms with van der Waals surface area (Å²) in [7, 11) is 0. The maximum atomic E-state index is 13.2. The molecule has 2 saturated heterocycles. The van der Waals surface area contributed by atoms with Gasteiger partial charge in [0, 0.05) is 37.8 Å². The van der Waals surface area contributed by atoms with Gasteiger partial charge in [-0.2, -0.15) is 0 Å². The number of alkyl carbamates (subject to hydrolysis) is 1. The molecule has 0 aromatic heterocycles. The number of hydrogen-bond acceptors (Lipinski definition) is 7. The summed E-state index contributed by atoms with van der Waals surface area (Å²) in [6, 6.07) is 21.2. The lowest BCUT2D eigenvalue weighted by atomic mass is 10.0. The van der Waals surface area contributed by atoms with E-state index in [4.69, 9.17) is 14.2 Å². The quantitative estimate of drug-likeness (QED) is 0.284. The normalized spacial score (nSPS) is 18.7. The van der Waals surface area contributed by atoms with E-state index in [0.717, 1.165) is 53.9 Å². The Balaban J connectivity index is 1.09. The van der Waals surface area contributed by atoms with Crippen LogP contribution < -0.4 is 10.2 Å². The van der Waals surface area contributed by atoms with E-state index >= 15 is 0 Å². The zero-order chi connectivity index (χ0) is 31.6. The smallest absolute Gasteiger partial charge is 0.408 e. The molecule has 2 atom stereocenters. The summed E-state index contributed by atoms with van der Waals surface area (Å²) in [6.07, 6.45) is 1.28. The fraction of sp³-hybridized carbons (Fsp3) is 0.417. The van der Waals surface area contributed by atoms with Gasteiger partial charge >= 0.3 is 12.1 Å². The molecule has 45 heavy (non-hydrogen) atoms. The number of rotatable bonds is 8. The van der Waals surface area contributed by atoms with Gasteiger partial charge in [-0.15, -0.1) is 0 Å². The summed E-state index contributed by atoms with van der Waals surface area (Å²) >= 11 is 0. The van der Waals surface area contributed by atoms with Crippen LogP contribution in [-0.2, 0) is 43.2 Å². The van der Waals surface area contributed by atoms with Crippen LogP contribution in [0.25, 0.3) is 11.1 Å². The molecule has 3 aromatic rings. The summed E-state index contributed by atoms with van der Waals surface area (Å²) in [5.74, 6) is -0.480. The number of benzene rings is 3. The second kappa shape index (κ2) is 13.0. The first-order chi connectivity index (χ1) is 21.6. The lowest BCUT2D eigenvalue weighted by Gasteiger charge is -2.37. The number of piperazine rings is 1. The molecule has 9 heteroatoms. The Labute approximate surface area is 264 Å². The molecule has 1 N–H and O–H groups in total. The Kier molecular flexibility index (Phi) is 8.92. The van der Waals surface area contributed by atoms with E-state index in [2.05, 4.69) is 28.4 Å². The van der Waals surface area contributed by atoms with Crippen molar-refractivity contribution in [3.63, 3.8) is 0 Å². The molecule has 9 nitrogen and oxygen atoms in total. The second-order valence-corrected chi connectivity index (χ2v) is 13.0. The largest absolute Gasteiger partial charge is 0.458 e. The Morgan fingerprint density at radius 1 is 1.00 bits per heavy atom. The van der Waals surface area contributed by atoms with Crippen molar-refractivity contribution in [1.29, 1.82) is 0 Å². The molecule has 0 radical (unpaired) electrons. The fourth-order valence-electron chi connectivity index (χ4n) is 6.39. The topological polar surface area (TPSA) is 97.4 Å². The number of carbonyl (C=O) groups is 3. The van der Waals surface area contributed by atoms with E-state index in [1.54, 1.807) is 25.7 Å². The van der Waals surface area contributed by atoms with Gasteiger partial charge in [-0.25, -0.2) is 9.59 Å². The van der Waals surface area contributed by atoms with Crippen LogP contribution in [0.1, 0.15) is 49.4 Å². The van der Waals surface area contributed by atoms with Crippen LogP contribution in [0.4, 0.5) is 10.5 Å². The third kappa shape index (κ3) is 7.21. The van der Waals surface area contributed by atoms with Crippen molar-refractivity contribution in [2.75, 3.05) is 37.7 Å². The van der Waals surface area contributed by atoms with Gasteiger partial charge in [0.05, 0.1) is 13.2 Å². The first-order valence-electron chi connectivity index (χ1n) is 15.7. The summed E-state index contributed by atoms with van der Waals surface area (Å²) in [4.78, 5) is 43.2. The highest BCUT2D eigenvalue weighted by Crippen LogP contribution is 2.38. The van der Waals surface area contributed by atoms with Gasteiger partial charge in [0.2, 0.25) is 5.91 Å². The van der Waals surface area contributed by atoms with Gasteiger partial charge in [0.25, 0.3) is 0 Å². The van der Waals surface area contributed by atoms with Crippen molar-refractivity contribution in [2.45, 2.75) is 64.3 Å². The molecule has 6 rings (SSSR count). The minimum atomic E-state index is -0.952. The minimum Gasteiger partial charge on any atom is -0.458 e. The molecule has 2 aliphatic heterocycles. The Morgan fingerprint density at radius 2 is 1.78 bits per heavy atom. The maximum Gasteiger partial charge on any atom is 0.408 e. The average Bonchev–Trinajstić information content (AvgIpc) is 3.68. The molecular weight excluding hydrogens is 570 g/mol. The number of amides is 2. The molecule has 0 bridgehead atoms. The van der Waals surface area contributed by atoms with E-state index in [9.17, 15) is 14.4 Å². The lowest BCUT2D eigenvalue weighted by molar-refractivity contribution is -0.157. The van der Waals surface area contributed by atoms with Gasteiger partial charge in [0.15, 0.2) is 0 Å². The average molecular weight is 612 g/mol. The van der Waals surface area contributed by atoms with Crippen LogP contribution in [0, 0.1) is 0 Å². The van der Waals surface area contributed by atoms with Crippen LogP contribution in [0.5, 0.6) is 0 Å². The summed E-state index contributed by atoms with van der Waals surface area (Å²) in [6.45, 7) is 8.69. The summed E-state index contributed by atoms with van der Waals surface area (Å²) in [5.41, 5.74) is 6.63. The second-order valence-electron chi connectivity index (χ2n) is 13.0. The van der Waals surface area contributed by atoms with Crippen LogP contribution in [0.3, 0.4) is 0 Å². The molecule has 2 unspecified atom stereocenters. The van der Waals surface area contributed by atoms with Gasteiger partial charge in [-0.05, 0) is 79.1 Å². The number of carbonyl (C=O) groups excluding carboxylic acids is 3. The molecule has 236 valence electrons. The lowest BCUT2D eigenvalue weighted by Crippen LogP contribution is -2.54. The molecule has 0 spiro atoms. The third-order valence-electron chi connectivity index (χ3n) is 8.65. The van der Waals surface area contributed by atoms with E-state index in [1.807, 2.05) is 48.5 Å². The third-order valence-corrected chi connectivity index (χ3v) is 8.65. The molecule has 2 amide bonds. The SMILES string of the molecule is CC(C)(C)OC(=O)C(Cc1ccc(N2CCN(C3CCOC3)CC2=O)cc1)NC(=O)OCc1cccc2c1Cc1ccccc1-2. The number of fused-ring (bicyclic) bond motifs is 3. The first kappa shape index (κ1) is 30.8. The molecule has 3 aromatic carbocycles. The van der Waals surface area contributed by atoms with Crippen molar-refractivity contribution >= 4 is 23.7 Å². The zero-order valence-corrected chi connectivity index (χ0v) is 26.2. The van der Waals surface area contributed by atoms with Crippen molar-refractivity contribution in [3.8, 4) is 11.1 Å². The fourth-order valence-corrected chi connectivity index (χ4v) is 6.39. The van der Waals surface area contributed by atoms with Crippen molar-refractivity contribution in [1.82, 2.24) is 10.2 Å². The van der Waals surface area contributed by atoms with E-state index in [-0.39, 0.29) is 18.9 Å². The maximum absolute atomic E-state index is 13.2. The Hall–Kier alpha value is -4.21. The van der Waals surface area contributed by atoms with Gasteiger partial charge in [0.1, 0.15) is 18.2 Å². The van der Waals surface area contributed by atoms with Crippen LogP contribution in [0.15, 0.2) is 66.7 Å². The molecule has 2 fully saturated rings. The molecular formula is C36H41N3O6. The predicted molar refractivity (Wildman–Crippen MR) is 171 cm³/mol. The zero-order valence-electron chi connectivity index (χ0n) is 26.2. The highest BCUT2D eigenvalue weighted by Gasteiger charge is 2.32. The number of hydrogen-bond donors (Lipinski definition) is 1. The van der Waals surface area contributed by atoms with Crippen LogP contribution in [-0.4, -0.2) is 73.4 Å². The number of nitrogens with one attached hydrogen (secondary N) is 1. The van der Waals surface area contributed by atoms with Crippen molar-refractivity contribution in [2.24, 2.45) is 0 Å². The van der Waals surface area contributed by atoms with Gasteiger partial charge < -0.3 is 24.4 Å². The molecule has 2 heterocycles. The number of nitrogens with zero attached hydrogens (tertiary/aromatic N) is 2.